The lowest BCUT2D eigenvalue weighted by atomic mass is 10.2. The summed E-state index contributed by atoms with van der Waals surface area (Å²) in [5.74, 6) is 0. The van der Waals surface area contributed by atoms with E-state index in [9.17, 15) is 8.42 Å². The van der Waals surface area contributed by atoms with Gasteiger partial charge < -0.3 is 5.73 Å². The number of halogens is 1. The Kier molecular flexibility index (Phi) is 4.65. The molecular weight excluding hydrogens is 296 g/mol. The standard InChI is InChI=1S/C14H15ClN2O2S/c15-12-6-4-11(5-7-12)8-9-17-20(18,19)14-3-1-2-13(16)10-14/h1-7,10,17H,8-9,16H2. The summed E-state index contributed by atoms with van der Waals surface area (Å²) >= 11 is 5.79. The lowest BCUT2D eigenvalue weighted by molar-refractivity contribution is 0.581. The highest BCUT2D eigenvalue weighted by molar-refractivity contribution is 7.89. The third-order valence-electron chi connectivity index (χ3n) is 2.79. The molecule has 2 aromatic carbocycles. The Morgan fingerprint density at radius 1 is 1.10 bits per heavy atom. The molecule has 20 heavy (non-hydrogen) atoms. The van der Waals surface area contributed by atoms with Crippen LogP contribution in [0.2, 0.25) is 5.02 Å². The first-order valence-electron chi connectivity index (χ1n) is 6.07. The largest absolute Gasteiger partial charge is 0.399 e. The van der Waals surface area contributed by atoms with E-state index in [1.54, 1.807) is 24.3 Å². The molecule has 0 bridgehead atoms. The fraction of sp³-hybridized carbons (Fsp3) is 0.143. The minimum atomic E-state index is -3.52. The van der Waals surface area contributed by atoms with Gasteiger partial charge >= 0.3 is 0 Å². The van der Waals surface area contributed by atoms with E-state index in [-0.39, 0.29) is 4.90 Å². The van der Waals surface area contributed by atoms with Crippen LogP contribution in [0.15, 0.2) is 53.4 Å². The molecule has 0 atom stereocenters. The van der Waals surface area contributed by atoms with Crippen molar-refractivity contribution < 1.29 is 8.42 Å². The van der Waals surface area contributed by atoms with Gasteiger partial charge in [-0.25, -0.2) is 13.1 Å². The maximum Gasteiger partial charge on any atom is 0.240 e. The molecule has 0 fully saturated rings. The van der Waals surface area contributed by atoms with Crippen LogP contribution in [0.4, 0.5) is 5.69 Å². The molecule has 0 unspecified atom stereocenters. The lowest BCUT2D eigenvalue weighted by Crippen LogP contribution is -2.26. The van der Waals surface area contributed by atoms with Crippen molar-refractivity contribution in [1.29, 1.82) is 0 Å². The van der Waals surface area contributed by atoms with Crippen LogP contribution in [-0.4, -0.2) is 15.0 Å². The van der Waals surface area contributed by atoms with Gasteiger partial charge in [-0.2, -0.15) is 0 Å². The highest BCUT2D eigenvalue weighted by Crippen LogP contribution is 2.13. The number of anilines is 1. The third kappa shape index (κ3) is 3.96. The number of benzene rings is 2. The summed E-state index contributed by atoms with van der Waals surface area (Å²) in [5, 5.41) is 0.661. The van der Waals surface area contributed by atoms with E-state index in [0.29, 0.717) is 23.7 Å². The summed E-state index contributed by atoms with van der Waals surface area (Å²) in [4.78, 5) is 0.175. The second-order valence-electron chi connectivity index (χ2n) is 4.35. The predicted octanol–water partition coefficient (Wildman–Crippen LogP) is 2.44. The average Bonchev–Trinajstić information content (AvgIpc) is 2.41. The summed E-state index contributed by atoms with van der Waals surface area (Å²) in [7, 11) is -3.52. The average molecular weight is 311 g/mol. The van der Waals surface area contributed by atoms with Crippen molar-refractivity contribution in [3.63, 3.8) is 0 Å². The number of hydrogen-bond acceptors (Lipinski definition) is 3. The highest BCUT2D eigenvalue weighted by Gasteiger charge is 2.13. The molecule has 0 aliphatic rings. The van der Waals surface area contributed by atoms with Crippen molar-refractivity contribution in [3.8, 4) is 0 Å². The van der Waals surface area contributed by atoms with Crippen LogP contribution in [0, 0.1) is 0 Å². The van der Waals surface area contributed by atoms with Gasteiger partial charge in [-0.05, 0) is 42.3 Å². The van der Waals surface area contributed by atoms with Gasteiger partial charge in [-0.1, -0.05) is 29.8 Å². The van der Waals surface area contributed by atoms with Crippen LogP contribution < -0.4 is 10.5 Å². The van der Waals surface area contributed by atoms with Gasteiger partial charge in [-0.15, -0.1) is 0 Å². The molecule has 0 saturated carbocycles. The van der Waals surface area contributed by atoms with Gasteiger partial charge in [0.2, 0.25) is 10.0 Å². The van der Waals surface area contributed by atoms with E-state index >= 15 is 0 Å². The predicted molar refractivity (Wildman–Crippen MR) is 81.2 cm³/mol. The molecule has 0 amide bonds. The summed E-state index contributed by atoms with van der Waals surface area (Å²) in [6, 6.07) is 13.5. The number of rotatable bonds is 5. The van der Waals surface area contributed by atoms with E-state index in [1.807, 2.05) is 12.1 Å². The van der Waals surface area contributed by atoms with E-state index in [1.165, 1.54) is 12.1 Å². The molecule has 0 aromatic heterocycles. The monoisotopic (exact) mass is 310 g/mol. The maximum absolute atomic E-state index is 12.0. The summed E-state index contributed by atoms with van der Waals surface area (Å²) in [6.07, 6.45) is 0.596. The van der Waals surface area contributed by atoms with Crippen LogP contribution in [0.25, 0.3) is 0 Å². The Morgan fingerprint density at radius 2 is 1.80 bits per heavy atom. The second kappa shape index (κ2) is 6.26. The Balaban J connectivity index is 1.98. The first kappa shape index (κ1) is 14.8. The number of hydrogen-bond donors (Lipinski definition) is 2. The molecule has 3 N–H and O–H groups in total. The molecule has 0 saturated heterocycles. The Labute approximate surface area is 123 Å². The summed E-state index contributed by atoms with van der Waals surface area (Å²) < 4.78 is 26.6. The SMILES string of the molecule is Nc1cccc(S(=O)(=O)NCCc2ccc(Cl)cc2)c1. The molecule has 0 spiro atoms. The van der Waals surface area contributed by atoms with Gasteiger partial charge in [0, 0.05) is 17.3 Å². The minimum absolute atomic E-state index is 0.175. The second-order valence-corrected chi connectivity index (χ2v) is 6.55. The minimum Gasteiger partial charge on any atom is -0.399 e. The van der Waals surface area contributed by atoms with Crippen molar-refractivity contribution in [2.45, 2.75) is 11.3 Å². The van der Waals surface area contributed by atoms with Gasteiger partial charge in [-0.3, -0.25) is 0 Å². The summed E-state index contributed by atoms with van der Waals surface area (Å²) in [6.45, 7) is 0.318. The smallest absolute Gasteiger partial charge is 0.240 e. The highest BCUT2D eigenvalue weighted by atomic mass is 35.5. The molecule has 0 aliphatic carbocycles. The van der Waals surface area contributed by atoms with Crippen molar-refractivity contribution in [2.75, 3.05) is 12.3 Å². The number of nitrogens with one attached hydrogen (secondary N) is 1. The first-order valence-corrected chi connectivity index (χ1v) is 7.93. The van der Waals surface area contributed by atoms with Gasteiger partial charge in [0.15, 0.2) is 0 Å². The Bertz CT molecular complexity index is 685. The van der Waals surface area contributed by atoms with Gasteiger partial charge in [0.05, 0.1) is 4.90 Å². The normalized spacial score (nSPS) is 11.4. The lowest BCUT2D eigenvalue weighted by Gasteiger charge is -2.07. The van der Waals surface area contributed by atoms with E-state index in [2.05, 4.69) is 4.72 Å². The number of nitrogen functional groups attached to an aromatic ring is 1. The number of sulfonamides is 1. The fourth-order valence-electron chi connectivity index (χ4n) is 1.75. The van der Waals surface area contributed by atoms with Gasteiger partial charge in [0.25, 0.3) is 0 Å². The zero-order valence-corrected chi connectivity index (χ0v) is 12.3. The van der Waals surface area contributed by atoms with Crippen LogP contribution in [-0.2, 0) is 16.4 Å². The zero-order valence-electron chi connectivity index (χ0n) is 10.7. The molecule has 6 heteroatoms. The van der Waals surface area contributed by atoms with Crippen LogP contribution in [0.1, 0.15) is 5.56 Å². The first-order chi connectivity index (χ1) is 9.47. The fourth-order valence-corrected chi connectivity index (χ4v) is 2.96. The molecule has 4 nitrogen and oxygen atoms in total. The molecule has 2 rings (SSSR count). The Morgan fingerprint density at radius 3 is 2.45 bits per heavy atom. The van der Waals surface area contributed by atoms with Crippen molar-refractivity contribution in [1.82, 2.24) is 4.72 Å². The van der Waals surface area contributed by atoms with E-state index in [0.717, 1.165) is 5.56 Å². The third-order valence-corrected chi connectivity index (χ3v) is 4.50. The topological polar surface area (TPSA) is 72.2 Å². The number of nitrogens with two attached hydrogens (primary N) is 1. The molecule has 0 radical (unpaired) electrons. The van der Waals surface area contributed by atoms with Crippen LogP contribution in [0.5, 0.6) is 0 Å². The van der Waals surface area contributed by atoms with Gasteiger partial charge in [0.1, 0.15) is 0 Å². The Hall–Kier alpha value is -1.56. The quantitative estimate of drug-likeness (QED) is 0.833. The van der Waals surface area contributed by atoms with Crippen molar-refractivity contribution in [2.24, 2.45) is 0 Å². The van der Waals surface area contributed by atoms with Crippen molar-refractivity contribution >= 4 is 27.3 Å². The van der Waals surface area contributed by atoms with Crippen LogP contribution >= 0.6 is 11.6 Å². The molecule has 106 valence electrons. The molecule has 0 heterocycles. The van der Waals surface area contributed by atoms with E-state index < -0.39 is 10.0 Å². The summed E-state index contributed by atoms with van der Waals surface area (Å²) in [5.41, 5.74) is 7.02. The molecular formula is C14H15ClN2O2S. The van der Waals surface area contributed by atoms with E-state index in [4.69, 9.17) is 17.3 Å². The zero-order chi connectivity index (χ0) is 14.6. The van der Waals surface area contributed by atoms with Crippen LogP contribution in [0.3, 0.4) is 0 Å². The maximum atomic E-state index is 12.0. The molecule has 2 aromatic rings. The molecule has 0 aliphatic heterocycles. The van der Waals surface area contributed by atoms with Crippen molar-refractivity contribution in [3.05, 3.63) is 59.1 Å².